The van der Waals surface area contributed by atoms with E-state index in [1.165, 1.54) is 0 Å². The number of nitrogens with zero attached hydrogens (tertiary/aromatic N) is 2. The Hall–Kier alpha value is -3.73. The van der Waals surface area contributed by atoms with Crippen molar-refractivity contribution in [2.45, 2.75) is 32.6 Å². The largest absolute Gasteiger partial charge is 0.334 e. The SMILES string of the molecule is Cc1cccc(-c2nc(C(C)C)no2)c1NC(=O)C(c1ccccc1)c1ccccc1. The third-order valence-electron chi connectivity index (χ3n) is 5.24. The highest BCUT2D eigenvalue weighted by Gasteiger charge is 2.25. The molecule has 1 N–H and O–H groups in total. The van der Waals surface area contributed by atoms with Crippen LogP contribution in [0, 0.1) is 6.92 Å². The van der Waals surface area contributed by atoms with E-state index in [0.717, 1.165) is 16.7 Å². The van der Waals surface area contributed by atoms with Gasteiger partial charge in [-0.1, -0.05) is 91.8 Å². The third kappa shape index (κ3) is 4.40. The van der Waals surface area contributed by atoms with Gasteiger partial charge in [0.05, 0.1) is 17.2 Å². The summed E-state index contributed by atoms with van der Waals surface area (Å²) in [6.07, 6.45) is 0. The van der Waals surface area contributed by atoms with Crippen LogP contribution < -0.4 is 5.32 Å². The van der Waals surface area contributed by atoms with Gasteiger partial charge in [0, 0.05) is 5.92 Å². The highest BCUT2D eigenvalue weighted by Crippen LogP contribution is 2.33. The summed E-state index contributed by atoms with van der Waals surface area (Å²) in [5.41, 5.74) is 4.19. The molecule has 1 amide bonds. The fraction of sp³-hybridized carbons (Fsp3) is 0.192. The van der Waals surface area contributed by atoms with E-state index >= 15 is 0 Å². The first-order valence-corrected chi connectivity index (χ1v) is 10.4. The predicted molar refractivity (Wildman–Crippen MR) is 122 cm³/mol. The molecule has 0 unspecified atom stereocenters. The van der Waals surface area contributed by atoms with Gasteiger partial charge >= 0.3 is 0 Å². The Labute approximate surface area is 182 Å². The van der Waals surface area contributed by atoms with Crippen molar-refractivity contribution >= 4 is 11.6 Å². The van der Waals surface area contributed by atoms with E-state index in [9.17, 15) is 4.79 Å². The Balaban J connectivity index is 1.73. The van der Waals surface area contributed by atoms with Crippen molar-refractivity contribution in [3.8, 4) is 11.5 Å². The molecule has 0 aliphatic rings. The van der Waals surface area contributed by atoms with Crippen molar-refractivity contribution in [1.29, 1.82) is 0 Å². The standard InChI is InChI=1S/C26H25N3O2/c1-17(2)24-28-26(31-29-24)21-16-10-11-18(3)23(21)27-25(30)22(19-12-6-4-7-13-19)20-14-8-5-9-15-20/h4-17,22H,1-3H3,(H,27,30). The van der Waals surface area contributed by atoms with Gasteiger partial charge in [0.25, 0.3) is 5.89 Å². The van der Waals surface area contributed by atoms with Crippen molar-refractivity contribution in [2.75, 3.05) is 5.32 Å². The number of carbonyl (C=O) groups excluding carboxylic acids is 1. The molecule has 1 aromatic heterocycles. The monoisotopic (exact) mass is 411 g/mol. The summed E-state index contributed by atoms with van der Waals surface area (Å²) in [5.74, 6) is 0.639. The van der Waals surface area contributed by atoms with E-state index in [4.69, 9.17) is 4.52 Å². The predicted octanol–water partition coefficient (Wildman–Crippen LogP) is 5.94. The minimum Gasteiger partial charge on any atom is -0.334 e. The first-order valence-electron chi connectivity index (χ1n) is 10.4. The highest BCUT2D eigenvalue weighted by molar-refractivity contribution is 6.01. The molecule has 0 aliphatic carbocycles. The van der Waals surface area contributed by atoms with Crippen LogP contribution in [-0.4, -0.2) is 16.0 Å². The number of para-hydroxylation sites is 1. The van der Waals surface area contributed by atoms with Gasteiger partial charge in [-0.3, -0.25) is 4.79 Å². The average Bonchev–Trinajstić information content (AvgIpc) is 3.27. The molecule has 0 saturated heterocycles. The quantitative estimate of drug-likeness (QED) is 0.426. The molecule has 1 heterocycles. The van der Waals surface area contributed by atoms with Crippen LogP contribution >= 0.6 is 0 Å². The first kappa shape index (κ1) is 20.5. The van der Waals surface area contributed by atoms with Gasteiger partial charge in [-0.25, -0.2) is 0 Å². The molecule has 156 valence electrons. The summed E-state index contributed by atoms with van der Waals surface area (Å²) >= 11 is 0. The summed E-state index contributed by atoms with van der Waals surface area (Å²) in [6.45, 7) is 5.98. The topological polar surface area (TPSA) is 68.0 Å². The fourth-order valence-electron chi connectivity index (χ4n) is 3.57. The van der Waals surface area contributed by atoms with Crippen molar-refractivity contribution in [2.24, 2.45) is 0 Å². The van der Waals surface area contributed by atoms with Crippen molar-refractivity contribution in [3.63, 3.8) is 0 Å². The Kier molecular flexibility index (Phi) is 5.94. The molecular formula is C26H25N3O2. The van der Waals surface area contributed by atoms with E-state index in [2.05, 4.69) is 15.5 Å². The number of hydrogen-bond acceptors (Lipinski definition) is 4. The van der Waals surface area contributed by atoms with Crippen LogP contribution in [0.15, 0.2) is 83.4 Å². The maximum absolute atomic E-state index is 13.6. The second-order valence-electron chi connectivity index (χ2n) is 7.85. The molecule has 0 radical (unpaired) electrons. The Morgan fingerprint density at radius 2 is 1.48 bits per heavy atom. The summed E-state index contributed by atoms with van der Waals surface area (Å²) < 4.78 is 5.51. The summed E-state index contributed by atoms with van der Waals surface area (Å²) in [5, 5.41) is 7.22. The normalized spacial score (nSPS) is 11.1. The van der Waals surface area contributed by atoms with Gasteiger partial charge < -0.3 is 9.84 Å². The lowest BCUT2D eigenvalue weighted by molar-refractivity contribution is -0.116. The number of hydrogen-bond donors (Lipinski definition) is 1. The van der Waals surface area contributed by atoms with Crippen LogP contribution in [0.3, 0.4) is 0 Å². The number of rotatable bonds is 6. The van der Waals surface area contributed by atoms with E-state index in [1.54, 1.807) is 0 Å². The summed E-state index contributed by atoms with van der Waals surface area (Å²) in [6, 6.07) is 25.4. The van der Waals surface area contributed by atoms with Gasteiger partial charge in [0.2, 0.25) is 5.91 Å². The third-order valence-corrected chi connectivity index (χ3v) is 5.24. The second-order valence-corrected chi connectivity index (χ2v) is 7.85. The lowest BCUT2D eigenvalue weighted by Gasteiger charge is -2.20. The molecule has 5 nitrogen and oxygen atoms in total. The maximum atomic E-state index is 13.6. The number of anilines is 1. The van der Waals surface area contributed by atoms with Gasteiger partial charge in [0.1, 0.15) is 0 Å². The summed E-state index contributed by atoms with van der Waals surface area (Å²) in [7, 11) is 0. The molecular weight excluding hydrogens is 386 g/mol. The number of nitrogens with one attached hydrogen (secondary N) is 1. The van der Waals surface area contributed by atoms with Crippen LogP contribution in [0.5, 0.6) is 0 Å². The minimum absolute atomic E-state index is 0.114. The van der Waals surface area contributed by atoms with Crippen LogP contribution in [0.25, 0.3) is 11.5 Å². The molecule has 0 aliphatic heterocycles. The van der Waals surface area contributed by atoms with Crippen molar-refractivity contribution in [3.05, 3.63) is 101 Å². The van der Waals surface area contributed by atoms with Crippen LogP contribution in [-0.2, 0) is 4.79 Å². The molecule has 0 spiro atoms. The van der Waals surface area contributed by atoms with Gasteiger partial charge in [-0.2, -0.15) is 4.98 Å². The van der Waals surface area contributed by atoms with Crippen molar-refractivity contribution < 1.29 is 9.32 Å². The molecule has 0 fully saturated rings. The Morgan fingerprint density at radius 3 is 2.03 bits per heavy atom. The molecule has 3 aromatic carbocycles. The van der Waals surface area contributed by atoms with E-state index in [-0.39, 0.29) is 11.8 Å². The number of amides is 1. The number of benzene rings is 3. The zero-order valence-corrected chi connectivity index (χ0v) is 17.9. The Morgan fingerprint density at radius 1 is 0.871 bits per heavy atom. The van der Waals surface area contributed by atoms with Gasteiger partial charge in [-0.15, -0.1) is 0 Å². The maximum Gasteiger partial charge on any atom is 0.260 e. The second kappa shape index (κ2) is 8.96. The molecule has 4 aromatic rings. The van der Waals surface area contributed by atoms with Gasteiger partial charge in [0.15, 0.2) is 5.82 Å². The minimum atomic E-state index is -0.441. The first-order chi connectivity index (χ1) is 15.0. The van der Waals surface area contributed by atoms with Crippen LogP contribution in [0.2, 0.25) is 0 Å². The smallest absolute Gasteiger partial charge is 0.260 e. The van der Waals surface area contributed by atoms with E-state index in [0.29, 0.717) is 23.0 Å². The molecule has 5 heteroatoms. The molecule has 0 bridgehead atoms. The van der Waals surface area contributed by atoms with Crippen molar-refractivity contribution in [1.82, 2.24) is 10.1 Å². The average molecular weight is 412 g/mol. The van der Waals surface area contributed by atoms with Crippen LogP contribution in [0.4, 0.5) is 5.69 Å². The molecule has 31 heavy (non-hydrogen) atoms. The molecule has 4 rings (SSSR count). The van der Waals surface area contributed by atoms with Crippen LogP contribution in [0.1, 0.15) is 48.2 Å². The fourth-order valence-corrected chi connectivity index (χ4v) is 3.57. The highest BCUT2D eigenvalue weighted by atomic mass is 16.5. The van der Waals surface area contributed by atoms with Gasteiger partial charge in [-0.05, 0) is 29.7 Å². The van der Waals surface area contributed by atoms with E-state index < -0.39 is 5.92 Å². The zero-order valence-electron chi connectivity index (χ0n) is 17.9. The zero-order chi connectivity index (χ0) is 21.8. The summed E-state index contributed by atoms with van der Waals surface area (Å²) in [4.78, 5) is 18.1. The number of carbonyl (C=O) groups is 1. The number of aromatic nitrogens is 2. The molecule has 0 saturated carbocycles. The molecule has 0 atom stereocenters. The van der Waals surface area contributed by atoms with E-state index in [1.807, 2.05) is 99.6 Å². The lowest BCUT2D eigenvalue weighted by Crippen LogP contribution is -2.23. The lowest BCUT2D eigenvalue weighted by atomic mass is 9.90. The Bertz CT molecular complexity index is 1130. The number of aryl methyl sites for hydroxylation is 1.